The van der Waals surface area contributed by atoms with E-state index in [4.69, 9.17) is 9.47 Å². The molecule has 1 heterocycles. The first-order chi connectivity index (χ1) is 13.2. The fourth-order valence-corrected chi connectivity index (χ4v) is 3.25. The van der Waals surface area contributed by atoms with E-state index >= 15 is 0 Å². The van der Waals surface area contributed by atoms with E-state index in [1.165, 1.54) is 0 Å². The Morgan fingerprint density at radius 2 is 1.63 bits per heavy atom. The average molecular weight is 359 g/mol. The lowest BCUT2D eigenvalue weighted by Crippen LogP contribution is -2.23. The van der Waals surface area contributed by atoms with E-state index in [2.05, 4.69) is 0 Å². The highest BCUT2D eigenvalue weighted by Crippen LogP contribution is 2.28. The van der Waals surface area contributed by atoms with Crippen LogP contribution in [0, 0.1) is 0 Å². The van der Waals surface area contributed by atoms with E-state index in [1.54, 1.807) is 7.11 Å². The summed E-state index contributed by atoms with van der Waals surface area (Å²) in [5.74, 6) is 1.58. The smallest absolute Gasteiger partial charge is 0.254 e. The maximum atomic E-state index is 12.8. The van der Waals surface area contributed by atoms with Gasteiger partial charge in [0.15, 0.2) is 0 Å². The molecule has 0 saturated carbocycles. The zero-order chi connectivity index (χ0) is 18.6. The Morgan fingerprint density at radius 1 is 0.889 bits per heavy atom. The Morgan fingerprint density at radius 3 is 2.37 bits per heavy atom. The lowest BCUT2D eigenvalue weighted by molar-refractivity contribution is 0.0766. The standard InChI is InChI=1S/C23H21NO3/c1-26-20-10-7-17(8-11-20)14-24-15-19-9-12-21(13-22(19)23(24)25)27-16-18-5-3-2-4-6-18/h2-13H,14-16H2,1H3. The van der Waals surface area contributed by atoms with Crippen molar-refractivity contribution < 1.29 is 14.3 Å². The van der Waals surface area contributed by atoms with Crippen molar-refractivity contribution in [3.63, 3.8) is 0 Å². The predicted octanol–water partition coefficient (Wildman–Crippen LogP) is 4.43. The number of benzene rings is 3. The first-order valence-corrected chi connectivity index (χ1v) is 8.95. The molecule has 1 amide bonds. The Hall–Kier alpha value is -3.27. The zero-order valence-electron chi connectivity index (χ0n) is 15.2. The third-order valence-corrected chi connectivity index (χ3v) is 4.74. The van der Waals surface area contributed by atoms with E-state index in [0.29, 0.717) is 19.7 Å². The highest BCUT2D eigenvalue weighted by Gasteiger charge is 2.27. The fraction of sp³-hybridized carbons (Fsp3) is 0.174. The molecule has 0 radical (unpaired) electrons. The van der Waals surface area contributed by atoms with Gasteiger partial charge < -0.3 is 14.4 Å². The van der Waals surface area contributed by atoms with Crippen LogP contribution in [0.5, 0.6) is 11.5 Å². The molecule has 27 heavy (non-hydrogen) atoms. The molecule has 0 N–H and O–H groups in total. The number of nitrogens with zero attached hydrogens (tertiary/aromatic N) is 1. The summed E-state index contributed by atoms with van der Waals surface area (Å²) in [4.78, 5) is 14.7. The molecule has 0 spiro atoms. The number of fused-ring (bicyclic) bond motifs is 1. The van der Waals surface area contributed by atoms with Crippen LogP contribution in [-0.4, -0.2) is 17.9 Å². The van der Waals surface area contributed by atoms with Gasteiger partial charge in [0.1, 0.15) is 18.1 Å². The molecule has 1 aliphatic rings. The van der Waals surface area contributed by atoms with E-state index in [-0.39, 0.29) is 5.91 Å². The summed E-state index contributed by atoms with van der Waals surface area (Å²) in [6.07, 6.45) is 0. The van der Waals surface area contributed by atoms with Crippen LogP contribution < -0.4 is 9.47 Å². The van der Waals surface area contributed by atoms with Gasteiger partial charge in [0.2, 0.25) is 0 Å². The Kier molecular flexibility index (Phi) is 4.79. The van der Waals surface area contributed by atoms with Crippen LogP contribution in [0.25, 0.3) is 0 Å². The molecular formula is C23H21NO3. The summed E-state index contributed by atoms with van der Waals surface area (Å²) in [6, 6.07) is 23.6. The second-order valence-corrected chi connectivity index (χ2v) is 6.60. The molecular weight excluding hydrogens is 338 g/mol. The van der Waals surface area contributed by atoms with Crippen molar-refractivity contribution in [3.05, 3.63) is 95.1 Å². The largest absolute Gasteiger partial charge is 0.497 e. The normalized spacial score (nSPS) is 12.8. The summed E-state index contributed by atoms with van der Waals surface area (Å²) >= 11 is 0. The minimum atomic E-state index is 0.0472. The van der Waals surface area contributed by atoms with Crippen molar-refractivity contribution in [3.8, 4) is 11.5 Å². The van der Waals surface area contributed by atoms with Gasteiger partial charge in [-0.05, 0) is 41.0 Å². The van der Waals surface area contributed by atoms with Crippen LogP contribution >= 0.6 is 0 Å². The Bertz CT molecular complexity index is 936. The Balaban J connectivity index is 1.44. The lowest BCUT2D eigenvalue weighted by atomic mass is 10.1. The maximum Gasteiger partial charge on any atom is 0.254 e. The van der Waals surface area contributed by atoms with Crippen LogP contribution in [-0.2, 0) is 19.7 Å². The summed E-state index contributed by atoms with van der Waals surface area (Å²) in [5, 5.41) is 0. The van der Waals surface area contributed by atoms with Gasteiger partial charge in [-0.1, -0.05) is 48.5 Å². The van der Waals surface area contributed by atoms with Crippen molar-refractivity contribution in [1.29, 1.82) is 0 Å². The van der Waals surface area contributed by atoms with Gasteiger partial charge in [-0.25, -0.2) is 0 Å². The van der Waals surface area contributed by atoms with Crippen LogP contribution in [0.4, 0.5) is 0 Å². The highest BCUT2D eigenvalue weighted by molar-refractivity contribution is 5.98. The number of methoxy groups -OCH3 is 1. The number of ether oxygens (including phenoxy) is 2. The average Bonchev–Trinajstić information content (AvgIpc) is 3.03. The summed E-state index contributed by atoms with van der Waals surface area (Å²) in [5.41, 5.74) is 3.96. The van der Waals surface area contributed by atoms with E-state index in [9.17, 15) is 4.79 Å². The first kappa shape index (κ1) is 17.2. The minimum absolute atomic E-state index is 0.0472. The molecule has 0 bridgehead atoms. The van der Waals surface area contributed by atoms with Gasteiger partial charge >= 0.3 is 0 Å². The fourth-order valence-electron chi connectivity index (χ4n) is 3.25. The SMILES string of the molecule is COc1ccc(CN2Cc3ccc(OCc4ccccc4)cc3C2=O)cc1. The summed E-state index contributed by atoms with van der Waals surface area (Å²) in [7, 11) is 1.65. The molecule has 0 atom stereocenters. The van der Waals surface area contributed by atoms with Crippen molar-refractivity contribution in [2.24, 2.45) is 0 Å². The molecule has 0 aromatic heterocycles. The molecule has 3 aromatic carbocycles. The minimum Gasteiger partial charge on any atom is -0.497 e. The van der Waals surface area contributed by atoms with Crippen molar-refractivity contribution in [2.75, 3.05) is 7.11 Å². The second kappa shape index (κ2) is 7.54. The number of carbonyl (C=O) groups excluding carboxylic acids is 1. The second-order valence-electron chi connectivity index (χ2n) is 6.60. The number of carbonyl (C=O) groups is 1. The molecule has 4 heteroatoms. The van der Waals surface area contributed by atoms with Crippen molar-refractivity contribution >= 4 is 5.91 Å². The van der Waals surface area contributed by atoms with Gasteiger partial charge in [-0.15, -0.1) is 0 Å². The van der Waals surface area contributed by atoms with E-state index < -0.39 is 0 Å². The van der Waals surface area contributed by atoms with Gasteiger partial charge in [-0.3, -0.25) is 4.79 Å². The third kappa shape index (κ3) is 3.80. The quantitative estimate of drug-likeness (QED) is 0.653. The van der Waals surface area contributed by atoms with Crippen LogP contribution in [0.1, 0.15) is 27.0 Å². The van der Waals surface area contributed by atoms with E-state index in [0.717, 1.165) is 33.8 Å². The molecule has 0 aliphatic carbocycles. The van der Waals surface area contributed by atoms with E-state index in [1.807, 2.05) is 77.7 Å². The molecule has 0 fully saturated rings. The van der Waals surface area contributed by atoms with Crippen molar-refractivity contribution in [1.82, 2.24) is 4.90 Å². The lowest BCUT2D eigenvalue weighted by Gasteiger charge is -2.15. The highest BCUT2D eigenvalue weighted by atomic mass is 16.5. The number of hydrogen-bond donors (Lipinski definition) is 0. The first-order valence-electron chi connectivity index (χ1n) is 8.95. The van der Waals surface area contributed by atoms with Crippen molar-refractivity contribution in [2.45, 2.75) is 19.7 Å². The molecule has 3 aromatic rings. The molecule has 1 aliphatic heterocycles. The van der Waals surface area contributed by atoms with Gasteiger partial charge in [0.05, 0.1) is 7.11 Å². The molecule has 4 nitrogen and oxygen atoms in total. The van der Waals surface area contributed by atoms with Gasteiger partial charge in [-0.2, -0.15) is 0 Å². The zero-order valence-corrected chi connectivity index (χ0v) is 15.2. The monoisotopic (exact) mass is 359 g/mol. The summed E-state index contributed by atoms with van der Waals surface area (Å²) in [6.45, 7) is 1.69. The van der Waals surface area contributed by atoms with Gasteiger partial charge in [0, 0.05) is 18.7 Å². The number of amides is 1. The topological polar surface area (TPSA) is 38.8 Å². The van der Waals surface area contributed by atoms with Gasteiger partial charge in [0.25, 0.3) is 5.91 Å². The van der Waals surface area contributed by atoms with Crippen LogP contribution in [0.15, 0.2) is 72.8 Å². The van der Waals surface area contributed by atoms with Crippen LogP contribution in [0.3, 0.4) is 0 Å². The maximum absolute atomic E-state index is 12.8. The third-order valence-electron chi connectivity index (χ3n) is 4.74. The molecule has 0 saturated heterocycles. The number of rotatable bonds is 6. The Labute approximate surface area is 159 Å². The predicted molar refractivity (Wildman–Crippen MR) is 104 cm³/mol. The molecule has 4 rings (SSSR count). The molecule has 136 valence electrons. The summed E-state index contributed by atoms with van der Waals surface area (Å²) < 4.78 is 11.0. The molecule has 0 unspecified atom stereocenters. The van der Waals surface area contributed by atoms with Crippen LogP contribution in [0.2, 0.25) is 0 Å². The number of hydrogen-bond acceptors (Lipinski definition) is 3.